The SMILES string of the molecule is Cn1cnc2cc(C(=O)OCc3noc(-c4ccco4)n3)cnc21. The Balaban J connectivity index is 1.45. The van der Waals surface area contributed by atoms with E-state index < -0.39 is 5.97 Å². The van der Waals surface area contributed by atoms with Gasteiger partial charge in [0.05, 0.1) is 18.2 Å². The summed E-state index contributed by atoms with van der Waals surface area (Å²) in [6.07, 6.45) is 4.57. The fourth-order valence-electron chi connectivity index (χ4n) is 2.15. The average Bonchev–Trinajstić information content (AvgIpc) is 3.33. The average molecular weight is 325 g/mol. The van der Waals surface area contributed by atoms with Crippen LogP contribution in [0, 0.1) is 0 Å². The summed E-state index contributed by atoms with van der Waals surface area (Å²) in [5.41, 5.74) is 1.61. The van der Waals surface area contributed by atoms with E-state index in [1.165, 1.54) is 12.5 Å². The first-order chi connectivity index (χ1) is 11.7. The van der Waals surface area contributed by atoms with Crippen LogP contribution in [0.15, 0.2) is 45.9 Å². The Morgan fingerprint density at radius 2 is 2.29 bits per heavy atom. The fraction of sp³-hybridized carbons (Fsp3) is 0.133. The normalized spacial score (nSPS) is 11.0. The number of pyridine rings is 1. The molecule has 0 radical (unpaired) electrons. The number of rotatable bonds is 4. The van der Waals surface area contributed by atoms with Crippen LogP contribution in [0.1, 0.15) is 16.2 Å². The molecule has 4 aromatic heterocycles. The summed E-state index contributed by atoms with van der Waals surface area (Å²) in [4.78, 5) is 24.5. The van der Waals surface area contributed by atoms with Crippen LogP contribution in [0.2, 0.25) is 0 Å². The lowest BCUT2D eigenvalue weighted by atomic mass is 10.3. The third kappa shape index (κ3) is 2.51. The van der Waals surface area contributed by atoms with Gasteiger partial charge in [-0.1, -0.05) is 5.16 Å². The van der Waals surface area contributed by atoms with E-state index in [2.05, 4.69) is 20.1 Å². The number of ether oxygens (including phenoxy) is 1. The van der Waals surface area contributed by atoms with Crippen molar-refractivity contribution in [3.8, 4) is 11.7 Å². The molecule has 4 aromatic rings. The molecule has 0 fully saturated rings. The Kier molecular flexibility index (Phi) is 3.30. The number of imidazole rings is 1. The second-order valence-electron chi connectivity index (χ2n) is 4.99. The summed E-state index contributed by atoms with van der Waals surface area (Å²) in [7, 11) is 1.83. The Morgan fingerprint density at radius 3 is 3.12 bits per heavy atom. The molecule has 24 heavy (non-hydrogen) atoms. The van der Waals surface area contributed by atoms with E-state index in [4.69, 9.17) is 13.7 Å². The molecule has 0 amide bonds. The van der Waals surface area contributed by atoms with E-state index >= 15 is 0 Å². The molecule has 9 nitrogen and oxygen atoms in total. The van der Waals surface area contributed by atoms with Crippen molar-refractivity contribution < 1.29 is 18.5 Å². The molecule has 0 N–H and O–H groups in total. The smallest absolute Gasteiger partial charge is 0.340 e. The van der Waals surface area contributed by atoms with E-state index in [0.29, 0.717) is 22.5 Å². The summed E-state index contributed by atoms with van der Waals surface area (Å²) in [5.74, 6) is 0.369. The molecule has 0 aliphatic carbocycles. The molecule has 0 saturated carbocycles. The van der Waals surface area contributed by atoms with Crippen molar-refractivity contribution in [1.29, 1.82) is 0 Å². The molecular formula is C15H11N5O4. The molecule has 0 aliphatic heterocycles. The molecule has 0 spiro atoms. The summed E-state index contributed by atoms with van der Waals surface area (Å²) in [6.45, 7) is -0.122. The monoisotopic (exact) mass is 325 g/mol. The first-order valence-corrected chi connectivity index (χ1v) is 7.01. The molecule has 9 heteroatoms. The molecule has 4 heterocycles. The van der Waals surface area contributed by atoms with Gasteiger partial charge in [0.2, 0.25) is 5.82 Å². The number of furan rings is 1. The van der Waals surface area contributed by atoms with Gasteiger partial charge in [-0.15, -0.1) is 0 Å². The zero-order chi connectivity index (χ0) is 16.5. The standard InChI is InChI=1S/C15H11N5O4/c1-20-8-17-10-5-9(6-16-13(10)20)15(21)23-7-12-18-14(24-19-12)11-3-2-4-22-11/h2-6,8H,7H2,1H3. The van der Waals surface area contributed by atoms with Gasteiger partial charge in [-0.05, 0) is 18.2 Å². The van der Waals surface area contributed by atoms with Gasteiger partial charge in [0.25, 0.3) is 5.89 Å². The Hall–Kier alpha value is -3.49. The topological polar surface area (TPSA) is 109 Å². The number of esters is 1. The number of aryl methyl sites for hydroxylation is 1. The van der Waals surface area contributed by atoms with Crippen LogP contribution < -0.4 is 0 Å². The number of nitrogens with zero attached hydrogens (tertiary/aromatic N) is 5. The van der Waals surface area contributed by atoms with Gasteiger partial charge < -0.3 is 18.2 Å². The van der Waals surface area contributed by atoms with Crippen molar-refractivity contribution in [2.24, 2.45) is 7.05 Å². The maximum absolute atomic E-state index is 12.1. The molecular weight excluding hydrogens is 314 g/mol. The highest BCUT2D eigenvalue weighted by Gasteiger charge is 2.15. The molecule has 120 valence electrons. The number of carbonyl (C=O) groups excluding carboxylic acids is 1. The minimum atomic E-state index is -0.542. The lowest BCUT2D eigenvalue weighted by molar-refractivity contribution is 0.0459. The summed E-state index contributed by atoms with van der Waals surface area (Å²) < 4.78 is 17.1. The van der Waals surface area contributed by atoms with E-state index in [0.717, 1.165) is 0 Å². The molecule has 0 unspecified atom stereocenters. The molecule has 0 aromatic carbocycles. The predicted octanol–water partition coefficient (Wildman–Crippen LogP) is 1.97. The van der Waals surface area contributed by atoms with Crippen LogP contribution in [0.25, 0.3) is 22.8 Å². The zero-order valence-corrected chi connectivity index (χ0v) is 12.5. The molecule has 4 rings (SSSR count). The van der Waals surface area contributed by atoms with E-state index in [1.54, 1.807) is 29.1 Å². The Morgan fingerprint density at radius 1 is 1.38 bits per heavy atom. The van der Waals surface area contributed by atoms with Crippen LogP contribution in [0.3, 0.4) is 0 Å². The minimum Gasteiger partial charge on any atom is -0.459 e. The van der Waals surface area contributed by atoms with Gasteiger partial charge >= 0.3 is 5.97 Å². The molecule has 0 atom stereocenters. The Labute approximate surface area is 134 Å². The van der Waals surface area contributed by atoms with Crippen molar-refractivity contribution in [2.45, 2.75) is 6.61 Å². The fourth-order valence-corrected chi connectivity index (χ4v) is 2.15. The first kappa shape index (κ1) is 14.1. The van der Waals surface area contributed by atoms with Crippen molar-refractivity contribution in [1.82, 2.24) is 24.7 Å². The zero-order valence-electron chi connectivity index (χ0n) is 12.5. The highest BCUT2D eigenvalue weighted by Crippen LogP contribution is 2.17. The largest absolute Gasteiger partial charge is 0.459 e. The maximum Gasteiger partial charge on any atom is 0.340 e. The van der Waals surface area contributed by atoms with Gasteiger partial charge in [0.1, 0.15) is 5.52 Å². The van der Waals surface area contributed by atoms with E-state index in [-0.39, 0.29) is 18.3 Å². The lowest BCUT2D eigenvalue weighted by Crippen LogP contribution is -2.06. The van der Waals surface area contributed by atoms with Gasteiger partial charge in [0, 0.05) is 13.2 Å². The van der Waals surface area contributed by atoms with Gasteiger partial charge in [-0.25, -0.2) is 14.8 Å². The second-order valence-corrected chi connectivity index (χ2v) is 4.99. The molecule has 0 bridgehead atoms. The van der Waals surface area contributed by atoms with Crippen molar-refractivity contribution in [3.63, 3.8) is 0 Å². The van der Waals surface area contributed by atoms with Crippen LogP contribution in [-0.2, 0) is 18.4 Å². The maximum atomic E-state index is 12.1. The second kappa shape index (κ2) is 5.61. The van der Waals surface area contributed by atoms with Gasteiger partial charge in [0.15, 0.2) is 18.0 Å². The van der Waals surface area contributed by atoms with Gasteiger partial charge in [-0.3, -0.25) is 0 Å². The van der Waals surface area contributed by atoms with Crippen molar-refractivity contribution in [3.05, 3.63) is 48.4 Å². The number of aromatic nitrogens is 5. The van der Waals surface area contributed by atoms with Gasteiger partial charge in [-0.2, -0.15) is 4.98 Å². The molecule has 0 saturated heterocycles. The number of hydrogen-bond donors (Lipinski definition) is 0. The highest BCUT2D eigenvalue weighted by atomic mass is 16.5. The van der Waals surface area contributed by atoms with Crippen LogP contribution >= 0.6 is 0 Å². The van der Waals surface area contributed by atoms with Crippen molar-refractivity contribution >= 4 is 17.1 Å². The van der Waals surface area contributed by atoms with Crippen LogP contribution in [0.4, 0.5) is 0 Å². The Bertz CT molecular complexity index is 1000. The summed E-state index contributed by atoms with van der Waals surface area (Å²) >= 11 is 0. The highest BCUT2D eigenvalue weighted by molar-refractivity contribution is 5.92. The first-order valence-electron chi connectivity index (χ1n) is 7.01. The lowest BCUT2D eigenvalue weighted by Gasteiger charge is -2.01. The minimum absolute atomic E-state index is 0.122. The van der Waals surface area contributed by atoms with Crippen LogP contribution in [-0.4, -0.2) is 30.6 Å². The predicted molar refractivity (Wildman–Crippen MR) is 79.6 cm³/mol. The van der Waals surface area contributed by atoms with E-state index in [9.17, 15) is 4.79 Å². The third-order valence-electron chi connectivity index (χ3n) is 3.32. The summed E-state index contributed by atoms with van der Waals surface area (Å²) in [5, 5.41) is 3.74. The number of hydrogen-bond acceptors (Lipinski definition) is 8. The van der Waals surface area contributed by atoms with Crippen LogP contribution in [0.5, 0.6) is 0 Å². The summed E-state index contributed by atoms with van der Waals surface area (Å²) in [6, 6.07) is 5.02. The number of fused-ring (bicyclic) bond motifs is 1. The quantitative estimate of drug-likeness (QED) is 0.524. The van der Waals surface area contributed by atoms with Crippen molar-refractivity contribution in [2.75, 3.05) is 0 Å². The number of carbonyl (C=O) groups is 1. The third-order valence-corrected chi connectivity index (χ3v) is 3.32. The molecule has 0 aliphatic rings. The van der Waals surface area contributed by atoms with E-state index in [1.807, 2.05) is 7.05 Å².